The van der Waals surface area contributed by atoms with Gasteiger partial charge in [-0.3, -0.25) is 4.79 Å². The fourth-order valence-electron chi connectivity index (χ4n) is 3.27. The van der Waals surface area contributed by atoms with Crippen molar-refractivity contribution in [2.45, 2.75) is 24.7 Å². The molecule has 29 heavy (non-hydrogen) atoms. The van der Waals surface area contributed by atoms with Crippen molar-refractivity contribution in [3.8, 4) is 0 Å². The van der Waals surface area contributed by atoms with Gasteiger partial charge in [-0.1, -0.05) is 11.2 Å². The number of carbonyl (C=O) groups excluding carboxylic acids is 1. The van der Waals surface area contributed by atoms with Gasteiger partial charge in [-0.05, 0) is 43.4 Å². The number of aromatic nitrogens is 1. The van der Waals surface area contributed by atoms with E-state index < -0.39 is 10.0 Å². The quantitative estimate of drug-likeness (QED) is 0.634. The molecule has 0 aliphatic carbocycles. The molecule has 0 unspecified atom stereocenters. The second kappa shape index (κ2) is 9.66. The number of sulfonamides is 1. The van der Waals surface area contributed by atoms with Crippen LogP contribution in [0.4, 0.5) is 0 Å². The van der Waals surface area contributed by atoms with Crippen LogP contribution in [-0.2, 0) is 19.6 Å². The molecule has 3 rings (SSSR count). The fourth-order valence-corrected chi connectivity index (χ4v) is 5.66. The van der Waals surface area contributed by atoms with E-state index in [0.29, 0.717) is 38.2 Å². The summed E-state index contributed by atoms with van der Waals surface area (Å²) in [5.41, 5.74) is 0.308. The van der Waals surface area contributed by atoms with E-state index in [1.165, 1.54) is 15.6 Å². The largest absolute Gasteiger partial charge is 0.383 e. The molecule has 0 bridgehead atoms. The second-order valence-corrected chi connectivity index (χ2v) is 9.65. The Kier molecular flexibility index (Phi) is 7.23. The molecular formula is C19H25N3O5S2. The predicted molar refractivity (Wildman–Crippen MR) is 111 cm³/mol. The highest BCUT2D eigenvalue weighted by Crippen LogP contribution is 2.29. The lowest BCUT2D eigenvalue weighted by Gasteiger charge is -2.31. The highest BCUT2D eigenvalue weighted by molar-refractivity contribution is 7.89. The molecule has 2 aromatic rings. The molecule has 3 heterocycles. The highest BCUT2D eigenvalue weighted by atomic mass is 32.2. The van der Waals surface area contributed by atoms with Crippen LogP contribution in [0.3, 0.4) is 0 Å². The Hall–Kier alpha value is -2.01. The summed E-state index contributed by atoms with van der Waals surface area (Å²) in [4.78, 5) is 13.4. The van der Waals surface area contributed by atoms with E-state index in [4.69, 9.17) is 9.26 Å². The molecule has 1 aliphatic heterocycles. The Morgan fingerprint density at radius 2 is 2.31 bits per heavy atom. The molecule has 158 valence electrons. The number of nitrogens with one attached hydrogen (secondary N) is 1. The molecule has 0 saturated carbocycles. The van der Waals surface area contributed by atoms with Crippen LogP contribution in [0.2, 0.25) is 0 Å². The predicted octanol–water partition coefficient (Wildman–Crippen LogP) is 2.38. The number of methoxy groups -OCH3 is 1. The maximum atomic E-state index is 13.3. The van der Waals surface area contributed by atoms with Gasteiger partial charge in [0.25, 0.3) is 0 Å². The molecule has 2 aromatic heterocycles. The van der Waals surface area contributed by atoms with Crippen molar-refractivity contribution in [1.29, 1.82) is 0 Å². The van der Waals surface area contributed by atoms with Gasteiger partial charge in [0.15, 0.2) is 10.7 Å². The Morgan fingerprint density at radius 3 is 3.03 bits per heavy atom. The van der Waals surface area contributed by atoms with Crippen LogP contribution in [0.1, 0.15) is 29.2 Å². The Balaban J connectivity index is 1.78. The van der Waals surface area contributed by atoms with Crippen molar-refractivity contribution in [1.82, 2.24) is 14.8 Å². The molecular weight excluding hydrogens is 414 g/mol. The molecule has 1 N–H and O–H groups in total. The molecule has 0 aromatic carbocycles. The van der Waals surface area contributed by atoms with Gasteiger partial charge in [-0.25, -0.2) is 8.42 Å². The third kappa shape index (κ3) is 5.13. The number of rotatable bonds is 8. The van der Waals surface area contributed by atoms with Gasteiger partial charge in [-0.2, -0.15) is 4.31 Å². The molecule has 1 amide bonds. The van der Waals surface area contributed by atoms with E-state index in [2.05, 4.69) is 10.5 Å². The van der Waals surface area contributed by atoms with Crippen molar-refractivity contribution in [2.75, 3.05) is 33.4 Å². The molecule has 1 aliphatic rings. The summed E-state index contributed by atoms with van der Waals surface area (Å²) in [7, 11) is -2.28. The number of thiophene rings is 1. The topological polar surface area (TPSA) is 102 Å². The number of hydrogen-bond acceptors (Lipinski definition) is 7. The van der Waals surface area contributed by atoms with Crippen LogP contribution in [-0.4, -0.2) is 57.1 Å². The van der Waals surface area contributed by atoms with E-state index in [9.17, 15) is 13.2 Å². The molecule has 0 spiro atoms. The van der Waals surface area contributed by atoms with E-state index in [1.807, 2.05) is 17.5 Å². The Labute approximate surface area is 174 Å². The zero-order valence-corrected chi connectivity index (χ0v) is 18.1. The van der Waals surface area contributed by atoms with Gasteiger partial charge in [0.05, 0.1) is 12.5 Å². The standard InChI is InChI=1S/C19H25N3O5S2/c1-14-18(17(27-21-14)8-7-16-6-4-12-28-16)29(24,25)22-10-3-5-15(13-22)19(23)20-9-11-26-2/h4,6-8,12,15H,3,5,9-11,13H2,1-2H3,(H,20,23)/b8-7+/t15-/m1/s1. The Bertz CT molecular complexity index is 951. The number of nitrogens with zero attached hydrogens (tertiary/aromatic N) is 2. The van der Waals surface area contributed by atoms with Crippen LogP contribution < -0.4 is 5.32 Å². The minimum Gasteiger partial charge on any atom is -0.383 e. The lowest BCUT2D eigenvalue weighted by Crippen LogP contribution is -2.46. The van der Waals surface area contributed by atoms with E-state index >= 15 is 0 Å². The minimum atomic E-state index is -3.84. The van der Waals surface area contributed by atoms with Gasteiger partial charge >= 0.3 is 0 Å². The molecule has 8 nitrogen and oxygen atoms in total. The third-order valence-corrected chi connectivity index (χ3v) is 7.60. The van der Waals surface area contributed by atoms with Crippen molar-refractivity contribution in [2.24, 2.45) is 5.92 Å². The van der Waals surface area contributed by atoms with Crippen LogP contribution in [0.15, 0.2) is 26.9 Å². The lowest BCUT2D eigenvalue weighted by atomic mass is 9.99. The van der Waals surface area contributed by atoms with Crippen molar-refractivity contribution < 1.29 is 22.5 Å². The molecule has 0 radical (unpaired) electrons. The van der Waals surface area contributed by atoms with E-state index in [1.54, 1.807) is 26.2 Å². The summed E-state index contributed by atoms with van der Waals surface area (Å²) in [5.74, 6) is -0.343. The smallest absolute Gasteiger partial charge is 0.248 e. The maximum absolute atomic E-state index is 13.3. The summed E-state index contributed by atoms with van der Waals surface area (Å²) in [6.07, 6.45) is 4.69. The average molecular weight is 440 g/mol. The van der Waals surface area contributed by atoms with Crippen LogP contribution in [0, 0.1) is 12.8 Å². The first-order chi connectivity index (χ1) is 13.9. The highest BCUT2D eigenvalue weighted by Gasteiger charge is 2.36. The maximum Gasteiger partial charge on any atom is 0.248 e. The number of hydrogen-bond donors (Lipinski definition) is 1. The third-order valence-electron chi connectivity index (χ3n) is 4.73. The van der Waals surface area contributed by atoms with Crippen LogP contribution >= 0.6 is 11.3 Å². The first-order valence-corrected chi connectivity index (χ1v) is 11.7. The Morgan fingerprint density at radius 1 is 1.48 bits per heavy atom. The number of ether oxygens (including phenoxy) is 1. The fraction of sp³-hybridized carbons (Fsp3) is 0.474. The number of amides is 1. The SMILES string of the molecule is COCCNC(=O)[C@@H]1CCCN(S(=O)(=O)c2c(C)noc2/C=C/c2cccs2)C1. The summed E-state index contributed by atoms with van der Waals surface area (Å²) < 4.78 is 38.2. The van der Waals surface area contributed by atoms with Gasteiger partial charge in [-0.15, -0.1) is 11.3 Å². The van der Waals surface area contributed by atoms with Crippen LogP contribution in [0.5, 0.6) is 0 Å². The summed E-state index contributed by atoms with van der Waals surface area (Å²) in [5, 5.41) is 8.59. The number of aryl methyl sites for hydroxylation is 1. The summed E-state index contributed by atoms with van der Waals surface area (Å²) in [6.45, 7) is 2.93. The van der Waals surface area contributed by atoms with Crippen molar-refractivity contribution in [3.05, 3.63) is 33.8 Å². The average Bonchev–Trinajstić information content (AvgIpc) is 3.36. The minimum absolute atomic E-state index is 0.0609. The van der Waals surface area contributed by atoms with Gasteiger partial charge < -0.3 is 14.6 Å². The summed E-state index contributed by atoms with van der Waals surface area (Å²) in [6, 6.07) is 3.84. The molecule has 10 heteroatoms. The first-order valence-electron chi connectivity index (χ1n) is 9.38. The summed E-state index contributed by atoms with van der Waals surface area (Å²) >= 11 is 1.54. The molecule has 1 atom stereocenters. The van der Waals surface area contributed by atoms with Crippen molar-refractivity contribution >= 4 is 39.4 Å². The molecule has 1 saturated heterocycles. The first kappa shape index (κ1) is 21.7. The van der Waals surface area contributed by atoms with Gasteiger partial charge in [0.1, 0.15) is 5.69 Å². The second-order valence-electron chi connectivity index (χ2n) is 6.80. The van der Waals surface area contributed by atoms with Crippen LogP contribution in [0.25, 0.3) is 12.2 Å². The normalized spacial score (nSPS) is 18.3. The zero-order valence-electron chi connectivity index (χ0n) is 16.5. The number of carbonyl (C=O) groups is 1. The lowest BCUT2D eigenvalue weighted by molar-refractivity contribution is -0.126. The van der Waals surface area contributed by atoms with E-state index in [-0.39, 0.29) is 29.0 Å². The van der Waals surface area contributed by atoms with Gasteiger partial charge in [0, 0.05) is 31.6 Å². The zero-order chi connectivity index (χ0) is 20.9. The molecule has 1 fully saturated rings. The number of piperidine rings is 1. The monoisotopic (exact) mass is 439 g/mol. The van der Waals surface area contributed by atoms with Gasteiger partial charge in [0.2, 0.25) is 15.9 Å². The van der Waals surface area contributed by atoms with E-state index in [0.717, 1.165) is 4.88 Å². The van der Waals surface area contributed by atoms with Crippen molar-refractivity contribution in [3.63, 3.8) is 0 Å².